The van der Waals surface area contributed by atoms with Crippen LogP contribution < -0.4 is 0 Å². The van der Waals surface area contributed by atoms with Gasteiger partial charge in [-0.3, -0.25) is 14.4 Å². The van der Waals surface area contributed by atoms with Crippen molar-refractivity contribution < 1.29 is 34.4 Å². The van der Waals surface area contributed by atoms with E-state index in [-0.39, 0.29) is 41.7 Å². The molecule has 3 N–H and O–H groups in total. The quantitative estimate of drug-likeness (QED) is 0.586. The van der Waals surface area contributed by atoms with Crippen LogP contribution in [0.4, 0.5) is 0 Å². The molecule has 3 saturated carbocycles. The van der Waals surface area contributed by atoms with Gasteiger partial charge in [-0.1, -0.05) is 19.4 Å². The molecule has 2 unspecified atom stereocenters. The molecule has 0 saturated heterocycles. The van der Waals surface area contributed by atoms with E-state index < -0.39 is 41.7 Å². The fraction of sp³-hybridized carbons (Fsp3) is 0.783. The van der Waals surface area contributed by atoms with E-state index in [2.05, 4.69) is 0 Å². The Bertz CT molecular complexity index is 803. The van der Waals surface area contributed by atoms with Crippen molar-refractivity contribution in [2.24, 2.45) is 34.5 Å². The van der Waals surface area contributed by atoms with Gasteiger partial charge in [0.2, 0.25) is 0 Å². The number of rotatable bonds is 3. The maximum Gasteiger partial charge on any atom is 0.302 e. The van der Waals surface area contributed by atoms with Crippen molar-refractivity contribution in [2.75, 3.05) is 6.61 Å². The maximum atomic E-state index is 12.4. The molecule has 7 heteroatoms. The molecule has 0 aromatic rings. The van der Waals surface area contributed by atoms with E-state index in [1.54, 1.807) is 6.08 Å². The number of ether oxygens (including phenoxy) is 1. The summed E-state index contributed by atoms with van der Waals surface area (Å²) in [5.74, 6) is -1.79. The van der Waals surface area contributed by atoms with Crippen molar-refractivity contribution in [1.82, 2.24) is 0 Å². The summed E-state index contributed by atoms with van der Waals surface area (Å²) in [6, 6.07) is 0. The van der Waals surface area contributed by atoms with E-state index in [1.807, 2.05) is 13.8 Å². The number of Topliss-reactive ketones (excluding diaryl/α,β-unsaturated/α-hetero) is 1. The third-order valence-corrected chi connectivity index (χ3v) is 8.85. The summed E-state index contributed by atoms with van der Waals surface area (Å²) in [5, 5.41) is 32.0. The molecule has 7 nitrogen and oxygen atoms in total. The summed E-state index contributed by atoms with van der Waals surface area (Å²) in [5.41, 5.74) is -0.508. The van der Waals surface area contributed by atoms with Gasteiger partial charge in [-0.05, 0) is 49.0 Å². The van der Waals surface area contributed by atoms with Crippen LogP contribution in [-0.2, 0) is 19.1 Å². The molecule has 0 spiro atoms. The molecule has 0 aromatic carbocycles. The van der Waals surface area contributed by atoms with Crippen molar-refractivity contribution in [3.63, 3.8) is 0 Å². The molecule has 4 aliphatic rings. The Morgan fingerprint density at radius 1 is 1.17 bits per heavy atom. The summed E-state index contributed by atoms with van der Waals surface area (Å²) in [6.45, 7) is 4.74. The SMILES string of the molecule is CC(=O)OC1CC(=O)C=C2CC(O)[C@@H]3[C@H]([C@@H](O)C[C@]4(C)[C@@H](C(=O)CO)CC[C@@H]34)[C@]21C. The van der Waals surface area contributed by atoms with Gasteiger partial charge in [0.15, 0.2) is 11.6 Å². The molecule has 0 bridgehead atoms. The fourth-order valence-corrected chi connectivity index (χ4v) is 7.66. The lowest BCUT2D eigenvalue weighted by molar-refractivity contribution is -0.196. The molecular weight excluding hydrogens is 388 g/mol. The summed E-state index contributed by atoms with van der Waals surface area (Å²) in [4.78, 5) is 36.5. The number of esters is 1. The largest absolute Gasteiger partial charge is 0.461 e. The molecule has 4 rings (SSSR count). The van der Waals surface area contributed by atoms with Crippen LogP contribution in [0.25, 0.3) is 0 Å². The molecule has 3 fully saturated rings. The predicted octanol–water partition coefficient (Wildman–Crippen LogP) is 1.18. The van der Waals surface area contributed by atoms with Gasteiger partial charge in [-0.2, -0.15) is 0 Å². The number of ketones is 2. The van der Waals surface area contributed by atoms with Crippen LogP contribution in [0.15, 0.2) is 11.6 Å². The first-order valence-electron chi connectivity index (χ1n) is 10.9. The zero-order valence-corrected chi connectivity index (χ0v) is 17.8. The van der Waals surface area contributed by atoms with Crippen LogP contribution in [-0.4, -0.2) is 57.8 Å². The Morgan fingerprint density at radius 2 is 1.87 bits per heavy atom. The third kappa shape index (κ3) is 2.93. The minimum absolute atomic E-state index is 0.00961. The lowest BCUT2D eigenvalue weighted by Gasteiger charge is -2.62. The first-order chi connectivity index (χ1) is 14.0. The smallest absolute Gasteiger partial charge is 0.302 e. The van der Waals surface area contributed by atoms with E-state index >= 15 is 0 Å². The zero-order valence-electron chi connectivity index (χ0n) is 17.8. The topological polar surface area (TPSA) is 121 Å². The Labute approximate surface area is 176 Å². The highest BCUT2D eigenvalue weighted by atomic mass is 16.5. The highest BCUT2D eigenvalue weighted by Crippen LogP contribution is 2.66. The van der Waals surface area contributed by atoms with Crippen molar-refractivity contribution in [2.45, 2.75) is 71.2 Å². The highest BCUT2D eigenvalue weighted by molar-refractivity contribution is 5.92. The summed E-state index contributed by atoms with van der Waals surface area (Å²) >= 11 is 0. The number of hydrogen-bond donors (Lipinski definition) is 3. The van der Waals surface area contributed by atoms with Crippen LogP contribution in [0, 0.1) is 34.5 Å². The zero-order chi connectivity index (χ0) is 22.0. The number of carbonyl (C=O) groups is 3. The number of aliphatic hydroxyl groups excluding tert-OH is 3. The van der Waals surface area contributed by atoms with E-state index in [9.17, 15) is 29.7 Å². The van der Waals surface area contributed by atoms with Crippen molar-refractivity contribution >= 4 is 17.5 Å². The van der Waals surface area contributed by atoms with Gasteiger partial charge in [-0.15, -0.1) is 0 Å². The van der Waals surface area contributed by atoms with Gasteiger partial charge in [0.25, 0.3) is 0 Å². The molecule has 9 atom stereocenters. The van der Waals surface area contributed by atoms with Gasteiger partial charge in [0.05, 0.1) is 12.2 Å². The molecule has 4 aliphatic carbocycles. The standard InChI is InChI=1S/C23H32O7/c1-11(25)30-19-8-13(26)6-12-7-16(27)20-15-5-4-14(18(29)10-24)22(15,2)9-17(28)21(20)23(12,19)3/h6,14-17,19-21,24,27-28H,4-5,7-10H2,1-3H3/t14-,15+,16?,17+,19?,20-,21+,22-,23-/m1/s1. The molecule has 0 aliphatic heterocycles. The van der Waals surface area contributed by atoms with E-state index in [1.165, 1.54) is 6.92 Å². The van der Waals surface area contributed by atoms with Crippen molar-refractivity contribution in [3.05, 3.63) is 11.6 Å². The van der Waals surface area contributed by atoms with E-state index in [0.29, 0.717) is 19.3 Å². The van der Waals surface area contributed by atoms with Crippen molar-refractivity contribution in [3.8, 4) is 0 Å². The first-order valence-corrected chi connectivity index (χ1v) is 10.9. The Kier molecular flexibility index (Phi) is 5.23. The predicted molar refractivity (Wildman–Crippen MR) is 106 cm³/mol. The van der Waals surface area contributed by atoms with Crippen molar-refractivity contribution in [1.29, 1.82) is 0 Å². The first kappa shape index (κ1) is 21.7. The second-order valence-electron chi connectivity index (χ2n) is 10.2. The van der Waals surface area contributed by atoms with Crippen LogP contribution in [0.3, 0.4) is 0 Å². The van der Waals surface area contributed by atoms with Crippen LogP contribution in [0.2, 0.25) is 0 Å². The summed E-state index contributed by atoms with van der Waals surface area (Å²) < 4.78 is 5.60. The summed E-state index contributed by atoms with van der Waals surface area (Å²) in [7, 11) is 0. The van der Waals surface area contributed by atoms with Gasteiger partial charge in [0, 0.05) is 30.6 Å². The molecular formula is C23H32O7. The maximum absolute atomic E-state index is 12.4. The normalized spacial score (nSPS) is 47.6. The molecule has 166 valence electrons. The monoisotopic (exact) mass is 420 g/mol. The third-order valence-electron chi connectivity index (χ3n) is 8.85. The minimum Gasteiger partial charge on any atom is -0.461 e. The molecule has 0 aromatic heterocycles. The van der Waals surface area contributed by atoms with Gasteiger partial charge in [0.1, 0.15) is 12.7 Å². The van der Waals surface area contributed by atoms with Crippen LogP contribution >= 0.6 is 0 Å². The van der Waals surface area contributed by atoms with Gasteiger partial charge < -0.3 is 20.1 Å². The average molecular weight is 421 g/mol. The van der Waals surface area contributed by atoms with E-state index in [4.69, 9.17) is 4.74 Å². The highest BCUT2D eigenvalue weighted by Gasteiger charge is 2.67. The van der Waals surface area contributed by atoms with E-state index in [0.717, 1.165) is 12.0 Å². The molecule has 30 heavy (non-hydrogen) atoms. The number of carbonyl (C=O) groups excluding carboxylic acids is 3. The molecule has 0 heterocycles. The lowest BCUT2D eigenvalue weighted by Crippen LogP contribution is -2.64. The fourth-order valence-electron chi connectivity index (χ4n) is 7.66. The van der Waals surface area contributed by atoms with Crippen LogP contribution in [0.1, 0.15) is 52.9 Å². The number of hydrogen-bond acceptors (Lipinski definition) is 7. The number of fused-ring (bicyclic) bond motifs is 5. The molecule has 0 amide bonds. The Morgan fingerprint density at radius 3 is 2.50 bits per heavy atom. The van der Waals surface area contributed by atoms with Crippen LogP contribution in [0.5, 0.6) is 0 Å². The lowest BCUT2D eigenvalue weighted by atomic mass is 9.44. The average Bonchev–Trinajstić information content (AvgIpc) is 2.98. The van der Waals surface area contributed by atoms with Gasteiger partial charge in [-0.25, -0.2) is 0 Å². The Balaban J connectivity index is 1.78. The second kappa shape index (κ2) is 7.24. The van der Waals surface area contributed by atoms with Gasteiger partial charge >= 0.3 is 5.97 Å². The number of aliphatic hydroxyl groups is 3. The Hall–Kier alpha value is -1.57. The minimum atomic E-state index is -0.821. The second-order valence-corrected chi connectivity index (χ2v) is 10.2. The summed E-state index contributed by atoms with van der Waals surface area (Å²) in [6.07, 6.45) is 1.42. The molecule has 0 radical (unpaired) electrons.